The molecule has 0 saturated carbocycles. The molecule has 6 rings (SSSR count). The molecule has 2 unspecified atom stereocenters. The van der Waals surface area contributed by atoms with Crippen molar-refractivity contribution >= 4 is 49.6 Å². The zero-order chi connectivity index (χ0) is 35.0. The molecule has 4 aromatic carbocycles. The monoisotopic (exact) mass is 846 g/mol. The number of hydrogen-bond acceptors (Lipinski definition) is 6. The molecule has 4 aromatic rings. The molecule has 0 bridgehead atoms. The molecule has 55 heavy (non-hydrogen) atoms. The van der Waals surface area contributed by atoms with Crippen LogP contribution in [0.15, 0.2) is 109 Å². The first-order valence-electron chi connectivity index (χ1n) is 18.3. The van der Waals surface area contributed by atoms with E-state index in [9.17, 15) is 8.78 Å². The van der Waals surface area contributed by atoms with E-state index in [1.165, 1.54) is 24.3 Å². The van der Waals surface area contributed by atoms with Crippen molar-refractivity contribution < 1.29 is 23.7 Å². The number of benzene rings is 4. The summed E-state index contributed by atoms with van der Waals surface area (Å²) in [5.74, 6) is 2.41. The van der Waals surface area contributed by atoms with Crippen LogP contribution in [0.25, 0.3) is 0 Å². The van der Waals surface area contributed by atoms with E-state index in [-0.39, 0.29) is 78.8 Å². The minimum atomic E-state index is -0.205. The predicted octanol–water partition coefficient (Wildman–Crippen LogP) is 8.88. The van der Waals surface area contributed by atoms with Crippen LogP contribution in [0.3, 0.4) is 0 Å². The van der Waals surface area contributed by atoms with Crippen LogP contribution < -0.4 is 20.9 Å². The first kappa shape index (κ1) is 52.3. The molecule has 0 aliphatic carbocycles. The lowest BCUT2D eigenvalue weighted by Gasteiger charge is -2.35. The third kappa shape index (κ3) is 18.0. The van der Waals surface area contributed by atoms with Crippen molar-refractivity contribution in [3.63, 3.8) is 0 Å². The fourth-order valence-corrected chi connectivity index (χ4v) is 6.98. The van der Waals surface area contributed by atoms with Gasteiger partial charge < -0.3 is 36.2 Å². The number of piperidine rings is 2. The number of nitrogens with zero attached hydrogens (tertiary/aromatic N) is 2. The van der Waals surface area contributed by atoms with E-state index >= 15 is 0 Å². The van der Waals surface area contributed by atoms with Gasteiger partial charge in [0.05, 0.1) is 13.2 Å². The second kappa shape index (κ2) is 28.7. The lowest BCUT2D eigenvalue weighted by Crippen LogP contribution is -2.38. The van der Waals surface area contributed by atoms with E-state index in [1.807, 2.05) is 84.9 Å². The molecule has 0 spiro atoms. The number of ether oxygens (including phenoxy) is 2. The van der Waals surface area contributed by atoms with Crippen LogP contribution in [0.5, 0.6) is 11.5 Å². The Kier molecular flexibility index (Phi) is 27.2. The summed E-state index contributed by atoms with van der Waals surface area (Å²) in [6.45, 7) is 7.92. The van der Waals surface area contributed by atoms with Crippen LogP contribution in [0.2, 0.25) is 0 Å². The highest BCUT2D eigenvalue weighted by Gasteiger charge is 2.26. The van der Waals surface area contributed by atoms with Crippen LogP contribution >= 0.6 is 49.6 Å². The minimum absolute atomic E-state index is 0. The molecular weight excluding hydrogens is 788 g/mol. The van der Waals surface area contributed by atoms with E-state index in [1.54, 1.807) is 0 Å². The molecule has 0 aromatic heterocycles. The van der Waals surface area contributed by atoms with E-state index in [0.29, 0.717) is 11.8 Å². The number of halogens is 6. The van der Waals surface area contributed by atoms with Crippen molar-refractivity contribution in [3.05, 3.63) is 132 Å². The zero-order valence-corrected chi connectivity index (χ0v) is 34.6. The standard InChI is InChI=1S/2C21H27FN2O.4ClH.H2O/c2*22-19-9-7-17(8-10-19)21(23)18-11-14-24(15-12-18)13-4-16-25-20-5-2-1-3-6-20;;;;;/h2*1-3,5-10,18,21H,4,11-16,23H2;4*1H;1H2. The third-order valence-corrected chi connectivity index (χ3v) is 10.1. The topological polar surface area (TPSA) is 108 Å². The highest BCUT2D eigenvalue weighted by molar-refractivity contribution is 5.86. The number of rotatable bonds is 14. The number of likely N-dealkylation sites (tertiary alicyclic amines) is 2. The molecule has 2 heterocycles. The molecular formula is C42H60Cl4F2N4O3. The summed E-state index contributed by atoms with van der Waals surface area (Å²) in [6.07, 6.45) is 6.44. The van der Waals surface area contributed by atoms with E-state index in [0.717, 1.165) is 114 Å². The Morgan fingerprint density at radius 3 is 1.13 bits per heavy atom. The molecule has 2 saturated heterocycles. The maximum Gasteiger partial charge on any atom is 0.123 e. The Hall–Kier alpha value is -2.70. The van der Waals surface area contributed by atoms with E-state index in [2.05, 4.69) is 9.80 Å². The Bertz CT molecular complexity index is 1390. The van der Waals surface area contributed by atoms with Gasteiger partial charge >= 0.3 is 0 Å². The van der Waals surface area contributed by atoms with E-state index < -0.39 is 0 Å². The Balaban J connectivity index is 0.000000972. The summed E-state index contributed by atoms with van der Waals surface area (Å²) in [4.78, 5) is 4.98. The van der Waals surface area contributed by atoms with Crippen LogP contribution in [-0.2, 0) is 0 Å². The zero-order valence-electron chi connectivity index (χ0n) is 31.4. The fraction of sp³-hybridized carbons (Fsp3) is 0.429. The van der Waals surface area contributed by atoms with Crippen molar-refractivity contribution in [2.45, 2.75) is 50.6 Å². The average molecular weight is 849 g/mol. The molecule has 7 nitrogen and oxygen atoms in total. The van der Waals surface area contributed by atoms with Crippen molar-refractivity contribution in [1.29, 1.82) is 0 Å². The average Bonchev–Trinajstić information content (AvgIpc) is 3.17. The summed E-state index contributed by atoms with van der Waals surface area (Å²) in [5.41, 5.74) is 14.9. The van der Waals surface area contributed by atoms with Gasteiger partial charge in [-0.1, -0.05) is 60.7 Å². The van der Waals surface area contributed by atoms with E-state index in [4.69, 9.17) is 20.9 Å². The van der Waals surface area contributed by atoms with Gasteiger partial charge in [0.25, 0.3) is 0 Å². The molecule has 2 aliphatic rings. The normalized spacial score (nSPS) is 15.8. The number of hydrogen-bond donors (Lipinski definition) is 2. The molecule has 13 heteroatoms. The van der Waals surface area contributed by atoms with Gasteiger partial charge in [-0.2, -0.15) is 0 Å². The van der Waals surface area contributed by atoms with Gasteiger partial charge in [-0.3, -0.25) is 0 Å². The third-order valence-electron chi connectivity index (χ3n) is 10.1. The first-order chi connectivity index (χ1) is 24.4. The summed E-state index contributed by atoms with van der Waals surface area (Å²) < 4.78 is 37.6. The van der Waals surface area contributed by atoms with Crippen molar-refractivity contribution in [3.8, 4) is 11.5 Å². The molecule has 0 radical (unpaired) electrons. The quantitative estimate of drug-likeness (QED) is 0.123. The second-order valence-electron chi connectivity index (χ2n) is 13.5. The fourth-order valence-electron chi connectivity index (χ4n) is 6.98. The minimum Gasteiger partial charge on any atom is -0.494 e. The molecule has 0 amide bonds. The van der Waals surface area contributed by atoms with Gasteiger partial charge in [0, 0.05) is 25.2 Å². The van der Waals surface area contributed by atoms with Gasteiger partial charge in [0.15, 0.2) is 0 Å². The molecule has 2 fully saturated rings. The van der Waals surface area contributed by atoms with Crippen LogP contribution in [0.1, 0.15) is 61.7 Å². The predicted molar refractivity (Wildman–Crippen MR) is 231 cm³/mol. The summed E-state index contributed by atoms with van der Waals surface area (Å²) in [7, 11) is 0. The lowest BCUT2D eigenvalue weighted by atomic mass is 9.86. The highest BCUT2D eigenvalue weighted by Crippen LogP contribution is 2.30. The van der Waals surface area contributed by atoms with Crippen LogP contribution in [0.4, 0.5) is 8.78 Å². The Morgan fingerprint density at radius 2 is 0.818 bits per heavy atom. The Morgan fingerprint density at radius 1 is 0.509 bits per heavy atom. The van der Waals surface area contributed by atoms with Crippen molar-refractivity contribution in [2.24, 2.45) is 23.3 Å². The van der Waals surface area contributed by atoms with Crippen molar-refractivity contribution in [2.75, 3.05) is 52.5 Å². The summed E-state index contributed by atoms with van der Waals surface area (Å²) >= 11 is 0. The smallest absolute Gasteiger partial charge is 0.123 e. The summed E-state index contributed by atoms with van der Waals surface area (Å²) in [6, 6.07) is 33.2. The summed E-state index contributed by atoms with van der Waals surface area (Å²) in [5, 5.41) is 0. The molecule has 2 aliphatic heterocycles. The van der Waals surface area contributed by atoms with Gasteiger partial charge in [-0.05, 0) is 136 Å². The highest BCUT2D eigenvalue weighted by atomic mass is 35.5. The maximum absolute atomic E-state index is 13.0. The Labute approximate surface area is 351 Å². The van der Waals surface area contributed by atoms with Crippen molar-refractivity contribution in [1.82, 2.24) is 9.80 Å². The largest absolute Gasteiger partial charge is 0.494 e. The van der Waals surface area contributed by atoms with Crippen LogP contribution in [0, 0.1) is 23.5 Å². The van der Waals surface area contributed by atoms with Crippen LogP contribution in [-0.4, -0.2) is 67.8 Å². The van der Waals surface area contributed by atoms with Gasteiger partial charge in [-0.15, -0.1) is 49.6 Å². The number of nitrogens with two attached hydrogens (primary N) is 2. The second-order valence-corrected chi connectivity index (χ2v) is 13.5. The lowest BCUT2D eigenvalue weighted by molar-refractivity contribution is 0.158. The first-order valence-corrected chi connectivity index (χ1v) is 18.3. The number of para-hydroxylation sites is 2. The molecule has 6 N–H and O–H groups in total. The van der Waals surface area contributed by atoms with Gasteiger partial charge in [-0.25, -0.2) is 8.78 Å². The molecule has 2 atom stereocenters. The maximum atomic E-state index is 13.0. The molecule has 308 valence electrons. The van der Waals surface area contributed by atoms with Gasteiger partial charge in [0.1, 0.15) is 23.1 Å². The SMILES string of the molecule is Cl.Cl.Cl.Cl.NC(c1ccc(F)cc1)C1CCN(CCCOc2ccccc2)CC1.NC(c1ccc(F)cc1)C1CCN(CCCOc2ccccc2)CC1.O. The van der Waals surface area contributed by atoms with Gasteiger partial charge in [0.2, 0.25) is 0 Å².